The van der Waals surface area contributed by atoms with Gasteiger partial charge in [-0.2, -0.15) is 0 Å². The fraction of sp³-hybridized carbons (Fsp3) is 0.211. The number of ether oxygens (including phenoxy) is 1. The highest BCUT2D eigenvalue weighted by atomic mass is 16.5. The Kier molecular flexibility index (Phi) is 4.70. The van der Waals surface area contributed by atoms with E-state index in [0.717, 1.165) is 34.2 Å². The van der Waals surface area contributed by atoms with Crippen LogP contribution in [0.5, 0.6) is 5.75 Å². The van der Waals surface area contributed by atoms with Crippen LogP contribution in [0.4, 0.5) is 5.82 Å². The van der Waals surface area contributed by atoms with Crippen molar-refractivity contribution < 1.29 is 4.74 Å². The van der Waals surface area contributed by atoms with Gasteiger partial charge in [-0.15, -0.1) is 0 Å². The lowest BCUT2D eigenvalue weighted by molar-refractivity contribution is 0.414. The Balaban J connectivity index is 1.85. The number of rotatable bonds is 5. The van der Waals surface area contributed by atoms with E-state index in [1.54, 1.807) is 19.5 Å². The normalized spacial score (nSPS) is 11.8. The summed E-state index contributed by atoms with van der Waals surface area (Å²) < 4.78 is 5.29. The highest BCUT2D eigenvalue weighted by Gasteiger charge is 2.10. The molecule has 24 heavy (non-hydrogen) atoms. The van der Waals surface area contributed by atoms with E-state index in [-0.39, 0.29) is 6.04 Å². The summed E-state index contributed by atoms with van der Waals surface area (Å²) in [4.78, 5) is 13.1. The molecular formula is C19H20N4O. The molecule has 2 heterocycles. The molecule has 1 atom stereocenters. The van der Waals surface area contributed by atoms with Gasteiger partial charge in [0, 0.05) is 24.0 Å². The van der Waals surface area contributed by atoms with Crippen molar-refractivity contribution in [2.75, 3.05) is 12.4 Å². The first-order chi connectivity index (χ1) is 11.7. The molecule has 3 aromatic rings. The van der Waals surface area contributed by atoms with Crippen LogP contribution in [0.3, 0.4) is 0 Å². The molecule has 5 heteroatoms. The second-order valence-electron chi connectivity index (χ2n) is 5.57. The molecule has 0 radical (unpaired) electrons. The van der Waals surface area contributed by atoms with E-state index in [9.17, 15) is 0 Å². The molecule has 0 saturated carbocycles. The Bertz CT molecular complexity index is 821. The maximum Gasteiger partial charge on any atom is 0.130 e. The molecule has 0 amide bonds. The zero-order valence-corrected chi connectivity index (χ0v) is 14.0. The van der Waals surface area contributed by atoms with Crippen molar-refractivity contribution in [3.05, 3.63) is 66.2 Å². The van der Waals surface area contributed by atoms with Gasteiger partial charge >= 0.3 is 0 Å². The molecule has 122 valence electrons. The second kappa shape index (κ2) is 7.08. The third-order valence-electron chi connectivity index (χ3n) is 3.75. The zero-order chi connectivity index (χ0) is 16.9. The van der Waals surface area contributed by atoms with Gasteiger partial charge in [0.2, 0.25) is 0 Å². The molecular weight excluding hydrogens is 300 g/mol. The molecule has 1 aromatic carbocycles. The fourth-order valence-corrected chi connectivity index (χ4v) is 2.52. The lowest BCUT2D eigenvalue weighted by Crippen LogP contribution is -2.09. The van der Waals surface area contributed by atoms with E-state index in [1.165, 1.54) is 0 Å². The molecule has 5 nitrogen and oxygen atoms in total. The van der Waals surface area contributed by atoms with Crippen LogP contribution in [0.1, 0.15) is 24.4 Å². The Morgan fingerprint density at radius 1 is 1.08 bits per heavy atom. The predicted octanol–water partition coefficient (Wildman–Crippen LogP) is 4.03. The lowest BCUT2D eigenvalue weighted by Gasteiger charge is -2.16. The summed E-state index contributed by atoms with van der Waals surface area (Å²) in [6.45, 7) is 3.98. The molecule has 0 spiro atoms. The number of hydrogen-bond donors (Lipinski definition) is 1. The van der Waals surface area contributed by atoms with Crippen LogP contribution in [-0.2, 0) is 0 Å². The first-order valence-electron chi connectivity index (χ1n) is 7.82. The molecule has 0 aliphatic rings. The second-order valence-corrected chi connectivity index (χ2v) is 5.57. The smallest absolute Gasteiger partial charge is 0.130 e. The maximum atomic E-state index is 5.29. The van der Waals surface area contributed by atoms with E-state index >= 15 is 0 Å². The van der Waals surface area contributed by atoms with Crippen LogP contribution in [-0.4, -0.2) is 22.1 Å². The molecule has 0 bridgehead atoms. The van der Waals surface area contributed by atoms with Crippen LogP contribution >= 0.6 is 0 Å². The molecule has 0 saturated heterocycles. The zero-order valence-electron chi connectivity index (χ0n) is 14.0. The van der Waals surface area contributed by atoms with Crippen molar-refractivity contribution >= 4 is 5.82 Å². The van der Waals surface area contributed by atoms with E-state index in [1.807, 2.05) is 43.3 Å². The SMILES string of the molecule is COc1cccc([C@H](C)Nc2cc(-c3cccnc3)nc(C)n2)c1. The van der Waals surface area contributed by atoms with Crippen LogP contribution in [0.15, 0.2) is 54.9 Å². The highest BCUT2D eigenvalue weighted by Crippen LogP contribution is 2.24. The number of benzene rings is 1. The van der Waals surface area contributed by atoms with Crippen LogP contribution in [0.2, 0.25) is 0 Å². The molecule has 0 aliphatic carbocycles. The Labute approximate surface area is 141 Å². The summed E-state index contributed by atoms with van der Waals surface area (Å²) >= 11 is 0. The third kappa shape index (κ3) is 3.68. The summed E-state index contributed by atoms with van der Waals surface area (Å²) in [5.41, 5.74) is 2.96. The number of methoxy groups -OCH3 is 1. The van der Waals surface area contributed by atoms with Gasteiger partial charge < -0.3 is 10.1 Å². The third-order valence-corrected chi connectivity index (χ3v) is 3.75. The number of nitrogens with zero attached hydrogens (tertiary/aromatic N) is 3. The summed E-state index contributed by atoms with van der Waals surface area (Å²) in [5.74, 6) is 2.35. The van der Waals surface area contributed by atoms with Gasteiger partial charge in [-0.25, -0.2) is 9.97 Å². The largest absolute Gasteiger partial charge is 0.497 e. The summed E-state index contributed by atoms with van der Waals surface area (Å²) in [6.07, 6.45) is 3.55. The number of pyridine rings is 1. The Morgan fingerprint density at radius 3 is 2.71 bits per heavy atom. The minimum Gasteiger partial charge on any atom is -0.497 e. The first kappa shape index (κ1) is 15.9. The van der Waals surface area contributed by atoms with Crippen LogP contribution < -0.4 is 10.1 Å². The Morgan fingerprint density at radius 2 is 1.96 bits per heavy atom. The fourth-order valence-electron chi connectivity index (χ4n) is 2.52. The standard InChI is InChI=1S/C19H20N4O/c1-13(15-6-4-8-17(10-15)24-3)21-19-11-18(22-14(2)23-19)16-7-5-9-20-12-16/h4-13H,1-3H3,(H,21,22,23)/t13-/m0/s1. The van der Waals surface area contributed by atoms with Crippen molar-refractivity contribution in [2.45, 2.75) is 19.9 Å². The van der Waals surface area contributed by atoms with Gasteiger partial charge in [-0.3, -0.25) is 4.98 Å². The number of aromatic nitrogens is 3. The number of hydrogen-bond acceptors (Lipinski definition) is 5. The van der Waals surface area contributed by atoms with Crippen molar-refractivity contribution in [3.63, 3.8) is 0 Å². The minimum atomic E-state index is 0.0937. The molecule has 0 fully saturated rings. The van der Waals surface area contributed by atoms with Crippen molar-refractivity contribution in [1.29, 1.82) is 0 Å². The summed E-state index contributed by atoms with van der Waals surface area (Å²) in [6, 6.07) is 13.9. The van der Waals surface area contributed by atoms with Gasteiger partial charge in [0.25, 0.3) is 0 Å². The van der Waals surface area contributed by atoms with Gasteiger partial charge in [-0.05, 0) is 43.7 Å². The van der Waals surface area contributed by atoms with E-state index in [2.05, 4.69) is 33.3 Å². The summed E-state index contributed by atoms with van der Waals surface area (Å²) in [7, 11) is 1.67. The molecule has 2 aromatic heterocycles. The van der Waals surface area contributed by atoms with Gasteiger partial charge in [0.15, 0.2) is 0 Å². The van der Waals surface area contributed by atoms with E-state index in [4.69, 9.17) is 4.74 Å². The monoisotopic (exact) mass is 320 g/mol. The molecule has 0 aliphatic heterocycles. The Hall–Kier alpha value is -2.95. The average molecular weight is 320 g/mol. The van der Waals surface area contributed by atoms with Crippen LogP contribution in [0.25, 0.3) is 11.3 Å². The van der Waals surface area contributed by atoms with Gasteiger partial charge in [-0.1, -0.05) is 12.1 Å². The average Bonchev–Trinajstić information content (AvgIpc) is 2.62. The van der Waals surface area contributed by atoms with Crippen LogP contribution in [0, 0.1) is 6.92 Å². The molecule has 1 N–H and O–H groups in total. The highest BCUT2D eigenvalue weighted by molar-refractivity contribution is 5.61. The van der Waals surface area contributed by atoms with Crippen molar-refractivity contribution in [1.82, 2.24) is 15.0 Å². The molecule has 0 unspecified atom stereocenters. The maximum absolute atomic E-state index is 5.29. The predicted molar refractivity (Wildman–Crippen MR) is 95.0 cm³/mol. The lowest BCUT2D eigenvalue weighted by atomic mass is 10.1. The number of anilines is 1. The minimum absolute atomic E-state index is 0.0937. The number of aryl methyl sites for hydroxylation is 1. The summed E-state index contributed by atoms with van der Waals surface area (Å²) in [5, 5.41) is 3.43. The quantitative estimate of drug-likeness (QED) is 0.769. The van der Waals surface area contributed by atoms with Crippen molar-refractivity contribution in [3.8, 4) is 17.0 Å². The number of nitrogens with one attached hydrogen (secondary N) is 1. The van der Waals surface area contributed by atoms with E-state index in [0.29, 0.717) is 0 Å². The van der Waals surface area contributed by atoms with Gasteiger partial charge in [0.05, 0.1) is 18.8 Å². The first-order valence-corrected chi connectivity index (χ1v) is 7.82. The van der Waals surface area contributed by atoms with Gasteiger partial charge in [0.1, 0.15) is 17.4 Å². The topological polar surface area (TPSA) is 59.9 Å². The molecule has 3 rings (SSSR count). The van der Waals surface area contributed by atoms with E-state index < -0.39 is 0 Å². The van der Waals surface area contributed by atoms with Crippen molar-refractivity contribution in [2.24, 2.45) is 0 Å².